The quantitative estimate of drug-likeness (QED) is 0.766. The Morgan fingerprint density at radius 2 is 2.00 bits per heavy atom. The molecule has 1 unspecified atom stereocenters. The molecular formula is C18H28N2O6. The Hall–Kier alpha value is -1.80. The van der Waals surface area contributed by atoms with E-state index < -0.39 is 23.6 Å². The highest BCUT2D eigenvalue weighted by Gasteiger charge is 2.64. The zero-order valence-electron chi connectivity index (χ0n) is 16.0. The number of amides is 2. The largest absolute Gasteiger partial charge is 0.444 e. The number of nitrogens with one attached hydrogen (secondary N) is 1. The molecule has 0 saturated carbocycles. The van der Waals surface area contributed by atoms with E-state index in [4.69, 9.17) is 18.9 Å². The molecule has 3 heterocycles. The molecule has 1 N–H and O–H groups in total. The topological polar surface area (TPSA) is 86.3 Å². The van der Waals surface area contributed by atoms with E-state index in [1.165, 1.54) is 0 Å². The third-order valence-corrected chi connectivity index (χ3v) is 4.66. The van der Waals surface area contributed by atoms with Crippen LogP contribution in [-0.4, -0.2) is 65.4 Å². The van der Waals surface area contributed by atoms with Gasteiger partial charge in [-0.05, 0) is 34.6 Å². The predicted octanol–water partition coefficient (Wildman–Crippen LogP) is 2.18. The van der Waals surface area contributed by atoms with Crippen LogP contribution in [0.15, 0.2) is 12.7 Å². The molecule has 2 amide bonds. The van der Waals surface area contributed by atoms with Crippen molar-refractivity contribution < 1.29 is 28.5 Å². The molecule has 146 valence electrons. The minimum absolute atomic E-state index is 0.196. The Morgan fingerprint density at radius 1 is 1.35 bits per heavy atom. The summed E-state index contributed by atoms with van der Waals surface area (Å²) in [6, 6.07) is -0.653. The van der Waals surface area contributed by atoms with Crippen LogP contribution in [-0.2, 0) is 18.9 Å². The lowest BCUT2D eigenvalue weighted by Gasteiger charge is -2.29. The second-order valence-corrected chi connectivity index (χ2v) is 8.36. The zero-order chi connectivity index (χ0) is 19.3. The Kier molecular flexibility index (Phi) is 4.69. The number of nitrogens with zero attached hydrogens (tertiary/aromatic N) is 1. The van der Waals surface area contributed by atoms with E-state index in [0.717, 1.165) is 0 Å². The number of ether oxygens (including phenoxy) is 4. The molecule has 5 atom stereocenters. The molecule has 3 saturated heterocycles. The second kappa shape index (κ2) is 6.42. The Bertz CT molecular complexity index is 599. The van der Waals surface area contributed by atoms with Gasteiger partial charge >= 0.3 is 12.2 Å². The molecule has 3 fully saturated rings. The Morgan fingerprint density at radius 3 is 2.62 bits per heavy atom. The summed E-state index contributed by atoms with van der Waals surface area (Å²) in [5.41, 5.74) is -0.596. The first-order valence-electron chi connectivity index (χ1n) is 8.95. The van der Waals surface area contributed by atoms with Gasteiger partial charge in [0.1, 0.15) is 30.0 Å². The molecule has 0 aromatic carbocycles. The van der Waals surface area contributed by atoms with Crippen molar-refractivity contribution in [1.82, 2.24) is 10.2 Å². The highest BCUT2D eigenvalue weighted by Crippen LogP contribution is 2.45. The second-order valence-electron chi connectivity index (χ2n) is 8.36. The van der Waals surface area contributed by atoms with E-state index in [-0.39, 0.29) is 36.9 Å². The smallest absolute Gasteiger partial charge is 0.411 e. The van der Waals surface area contributed by atoms with Gasteiger partial charge in [-0.1, -0.05) is 6.08 Å². The van der Waals surface area contributed by atoms with Crippen molar-refractivity contribution in [3.8, 4) is 0 Å². The van der Waals surface area contributed by atoms with Crippen molar-refractivity contribution in [2.75, 3.05) is 6.54 Å². The fourth-order valence-electron chi connectivity index (χ4n) is 3.89. The van der Waals surface area contributed by atoms with Gasteiger partial charge in [0.2, 0.25) is 0 Å². The van der Waals surface area contributed by atoms with Gasteiger partial charge in [0, 0.05) is 13.0 Å². The van der Waals surface area contributed by atoms with Gasteiger partial charge in [0.25, 0.3) is 0 Å². The summed E-state index contributed by atoms with van der Waals surface area (Å²) >= 11 is 0. The highest BCUT2D eigenvalue weighted by molar-refractivity contribution is 5.73. The fraction of sp³-hybridized carbons (Fsp3) is 0.778. The van der Waals surface area contributed by atoms with Crippen molar-refractivity contribution in [2.24, 2.45) is 0 Å². The Labute approximate surface area is 153 Å². The third kappa shape index (κ3) is 3.53. The molecule has 0 radical (unpaired) electrons. The fourth-order valence-corrected chi connectivity index (χ4v) is 3.89. The number of alkyl carbamates (subject to hydrolysis) is 1. The van der Waals surface area contributed by atoms with Crippen molar-refractivity contribution in [1.29, 1.82) is 0 Å². The number of hydrogen-bond donors (Lipinski definition) is 1. The summed E-state index contributed by atoms with van der Waals surface area (Å²) in [7, 11) is 0. The number of cyclic esters (lactones) is 1. The summed E-state index contributed by atoms with van der Waals surface area (Å²) in [5.74, 6) is -0.754. The number of carbonyl (C=O) groups excluding carboxylic acids is 2. The summed E-state index contributed by atoms with van der Waals surface area (Å²) in [4.78, 5) is 26.1. The summed E-state index contributed by atoms with van der Waals surface area (Å²) in [5, 5.41) is 2.73. The lowest BCUT2D eigenvalue weighted by Crippen LogP contribution is -2.49. The molecule has 0 aliphatic carbocycles. The van der Waals surface area contributed by atoms with Crippen molar-refractivity contribution >= 4 is 12.2 Å². The zero-order valence-corrected chi connectivity index (χ0v) is 16.0. The maximum atomic E-state index is 12.4. The van der Waals surface area contributed by atoms with Crippen LogP contribution in [0.3, 0.4) is 0 Å². The van der Waals surface area contributed by atoms with Gasteiger partial charge in [-0.25, -0.2) is 9.59 Å². The Balaban J connectivity index is 1.76. The first-order valence-corrected chi connectivity index (χ1v) is 8.95. The minimum Gasteiger partial charge on any atom is -0.444 e. The average molecular weight is 368 g/mol. The maximum Gasteiger partial charge on any atom is 0.411 e. The third-order valence-electron chi connectivity index (χ3n) is 4.66. The molecule has 0 bridgehead atoms. The van der Waals surface area contributed by atoms with E-state index in [1.807, 2.05) is 13.8 Å². The van der Waals surface area contributed by atoms with Gasteiger partial charge in [-0.3, -0.25) is 4.90 Å². The van der Waals surface area contributed by atoms with Crippen LogP contribution in [0.4, 0.5) is 9.59 Å². The van der Waals surface area contributed by atoms with Crippen molar-refractivity contribution in [2.45, 2.75) is 82.8 Å². The van der Waals surface area contributed by atoms with Gasteiger partial charge in [0.05, 0.1) is 6.04 Å². The predicted molar refractivity (Wildman–Crippen MR) is 92.6 cm³/mol. The normalized spacial score (nSPS) is 34.9. The van der Waals surface area contributed by atoms with Crippen molar-refractivity contribution in [3.05, 3.63) is 12.7 Å². The van der Waals surface area contributed by atoms with Crippen LogP contribution < -0.4 is 5.32 Å². The van der Waals surface area contributed by atoms with Crippen LogP contribution in [0, 0.1) is 0 Å². The molecule has 0 spiro atoms. The first-order chi connectivity index (χ1) is 12.0. The van der Waals surface area contributed by atoms with Crippen LogP contribution in [0.25, 0.3) is 0 Å². The van der Waals surface area contributed by atoms with E-state index in [2.05, 4.69) is 11.9 Å². The van der Waals surface area contributed by atoms with Gasteiger partial charge in [-0.2, -0.15) is 0 Å². The first kappa shape index (κ1) is 19.0. The molecule has 3 rings (SSSR count). The van der Waals surface area contributed by atoms with Crippen LogP contribution in [0.5, 0.6) is 0 Å². The molecule has 8 nitrogen and oxygen atoms in total. The number of carbonyl (C=O) groups is 2. The highest BCUT2D eigenvalue weighted by atomic mass is 16.8. The standard InChI is InChI=1S/C18H28N2O6/c1-7-8-11-12-14-13(24-18(5,6)25-14)10(20(12)16(22)23-11)9-19-15(21)26-17(2,3)4/h7,10-14H,1,8-9H2,2-6H3,(H,19,21)/t10-,11?,12-,13-,14+/m1/s1. The SMILES string of the molecule is C=CCC1OC(=O)N2[C@H](CNC(=O)OC(C)(C)C)[C@H]3OC(C)(C)O[C@H]3[C@@H]12. The molecule has 0 aromatic heterocycles. The molecular weight excluding hydrogens is 340 g/mol. The number of fused-ring (bicyclic) bond motifs is 3. The van der Waals surface area contributed by atoms with E-state index in [1.54, 1.807) is 31.7 Å². The summed E-state index contributed by atoms with van der Waals surface area (Å²) < 4.78 is 22.9. The van der Waals surface area contributed by atoms with Crippen LogP contribution >= 0.6 is 0 Å². The number of rotatable bonds is 4. The molecule has 8 heteroatoms. The molecule has 3 aliphatic heterocycles. The van der Waals surface area contributed by atoms with Gasteiger partial charge in [-0.15, -0.1) is 6.58 Å². The monoisotopic (exact) mass is 368 g/mol. The minimum atomic E-state index is -0.754. The lowest BCUT2D eigenvalue weighted by molar-refractivity contribution is -0.163. The molecule has 26 heavy (non-hydrogen) atoms. The lowest BCUT2D eigenvalue weighted by atomic mass is 10.0. The van der Waals surface area contributed by atoms with Crippen LogP contribution in [0.1, 0.15) is 41.0 Å². The summed E-state index contributed by atoms with van der Waals surface area (Å²) in [6.07, 6.45) is 0.312. The summed E-state index contributed by atoms with van der Waals surface area (Å²) in [6.45, 7) is 13.0. The average Bonchev–Trinajstić information content (AvgIpc) is 3.04. The number of hydrogen-bond acceptors (Lipinski definition) is 6. The van der Waals surface area contributed by atoms with Gasteiger partial charge in [0.15, 0.2) is 5.79 Å². The maximum absolute atomic E-state index is 12.4. The van der Waals surface area contributed by atoms with Crippen molar-refractivity contribution in [3.63, 3.8) is 0 Å². The van der Waals surface area contributed by atoms with E-state index in [9.17, 15) is 9.59 Å². The van der Waals surface area contributed by atoms with Crippen LogP contribution in [0.2, 0.25) is 0 Å². The molecule has 0 aromatic rings. The van der Waals surface area contributed by atoms with E-state index in [0.29, 0.717) is 6.42 Å². The molecule has 3 aliphatic rings. The van der Waals surface area contributed by atoms with Gasteiger partial charge < -0.3 is 24.3 Å². The van der Waals surface area contributed by atoms with E-state index >= 15 is 0 Å².